The molecule has 1 heterocycles. The Morgan fingerprint density at radius 2 is 1.42 bits per heavy atom. The summed E-state index contributed by atoms with van der Waals surface area (Å²) in [5, 5.41) is 0. The number of sulfonamides is 1. The summed E-state index contributed by atoms with van der Waals surface area (Å²) in [6, 6.07) is 14.2. The van der Waals surface area contributed by atoms with Gasteiger partial charge in [0.2, 0.25) is 10.0 Å². The average Bonchev–Trinajstić information content (AvgIpc) is 2.59. The third-order valence-corrected chi connectivity index (χ3v) is 6.86. The smallest absolute Gasteiger partial charge is 0.243 e. The van der Waals surface area contributed by atoms with Gasteiger partial charge in [-0.2, -0.15) is 4.31 Å². The molecule has 1 aliphatic heterocycles. The van der Waals surface area contributed by atoms with Gasteiger partial charge in [-0.15, -0.1) is 0 Å². The largest absolute Gasteiger partial charge is 1.00 e. The normalized spacial score (nSPS) is 16.3. The van der Waals surface area contributed by atoms with Crippen molar-refractivity contribution in [3.8, 4) is 0 Å². The predicted octanol–water partition coefficient (Wildman–Crippen LogP) is 0.122. The zero-order valence-corrected chi connectivity index (χ0v) is 17.1. The molecule has 3 rings (SSSR count). The van der Waals surface area contributed by atoms with Gasteiger partial charge in [-0.1, -0.05) is 42.0 Å². The molecule has 2 aromatic rings. The molecule has 0 amide bonds. The molecule has 0 saturated carbocycles. The Labute approximate surface area is 163 Å². The molecule has 1 saturated heterocycles. The van der Waals surface area contributed by atoms with Crippen molar-refractivity contribution in [1.82, 2.24) is 9.21 Å². The van der Waals surface area contributed by atoms with E-state index in [9.17, 15) is 8.42 Å². The van der Waals surface area contributed by atoms with E-state index in [2.05, 4.69) is 36.1 Å². The quantitative estimate of drug-likeness (QED) is 0.741. The fourth-order valence-electron chi connectivity index (χ4n) is 3.20. The van der Waals surface area contributed by atoms with Crippen LogP contribution in [0, 0.1) is 20.8 Å². The third kappa shape index (κ3) is 4.65. The molecule has 0 atom stereocenters. The van der Waals surface area contributed by atoms with Gasteiger partial charge in [-0.3, -0.25) is 4.90 Å². The Bertz CT molecular complexity index is 843. The van der Waals surface area contributed by atoms with Crippen LogP contribution in [0.2, 0.25) is 0 Å². The van der Waals surface area contributed by atoms with E-state index in [4.69, 9.17) is 0 Å². The van der Waals surface area contributed by atoms with Gasteiger partial charge < -0.3 is 12.4 Å². The van der Waals surface area contributed by atoms with E-state index in [0.29, 0.717) is 18.0 Å². The molecule has 4 nitrogen and oxygen atoms in total. The minimum Gasteiger partial charge on any atom is -1.00 e. The zero-order chi connectivity index (χ0) is 18.0. The van der Waals surface area contributed by atoms with Gasteiger partial charge in [0.15, 0.2) is 0 Å². The van der Waals surface area contributed by atoms with Gasteiger partial charge in [0, 0.05) is 32.7 Å². The summed E-state index contributed by atoms with van der Waals surface area (Å²) in [7, 11) is -3.41. The first-order valence-electron chi connectivity index (χ1n) is 8.71. The molecule has 0 bridgehead atoms. The molecular formula is C20H26ClN2O2S-. The van der Waals surface area contributed by atoms with Crippen molar-refractivity contribution in [1.29, 1.82) is 0 Å². The van der Waals surface area contributed by atoms with Crippen LogP contribution in [0.25, 0.3) is 0 Å². The van der Waals surface area contributed by atoms with Gasteiger partial charge in [0.25, 0.3) is 0 Å². The summed E-state index contributed by atoms with van der Waals surface area (Å²) >= 11 is 0. The maximum absolute atomic E-state index is 13.0. The fraction of sp³-hybridized carbons (Fsp3) is 0.400. The van der Waals surface area contributed by atoms with Crippen LogP contribution in [0.1, 0.15) is 22.3 Å². The SMILES string of the molecule is Cc1ccc(CN2CCN(S(=O)(=O)c3cc(C)ccc3C)CC2)cc1.[Cl-]. The number of hydrogen-bond donors (Lipinski definition) is 0. The second-order valence-electron chi connectivity index (χ2n) is 6.93. The summed E-state index contributed by atoms with van der Waals surface area (Å²) in [4.78, 5) is 2.76. The summed E-state index contributed by atoms with van der Waals surface area (Å²) in [6.07, 6.45) is 0. The maximum atomic E-state index is 13.0. The Morgan fingerprint density at radius 3 is 2.04 bits per heavy atom. The van der Waals surface area contributed by atoms with Crippen molar-refractivity contribution < 1.29 is 20.8 Å². The van der Waals surface area contributed by atoms with E-state index < -0.39 is 10.0 Å². The average molecular weight is 394 g/mol. The first-order chi connectivity index (χ1) is 11.9. The number of hydrogen-bond acceptors (Lipinski definition) is 3. The van der Waals surface area contributed by atoms with Gasteiger partial charge in [0.05, 0.1) is 4.90 Å². The second kappa shape index (κ2) is 8.53. The summed E-state index contributed by atoms with van der Waals surface area (Å²) in [5.41, 5.74) is 4.32. The molecule has 0 aliphatic carbocycles. The summed E-state index contributed by atoms with van der Waals surface area (Å²) in [6.45, 7) is 9.36. The second-order valence-corrected chi connectivity index (χ2v) is 8.84. The Morgan fingerprint density at radius 1 is 0.846 bits per heavy atom. The van der Waals surface area contributed by atoms with Crippen molar-refractivity contribution in [3.05, 3.63) is 64.7 Å². The van der Waals surface area contributed by atoms with Crippen LogP contribution < -0.4 is 12.4 Å². The van der Waals surface area contributed by atoms with Crippen LogP contribution in [-0.4, -0.2) is 43.8 Å². The number of nitrogens with zero attached hydrogens (tertiary/aromatic N) is 2. The van der Waals surface area contributed by atoms with Crippen molar-refractivity contribution in [2.24, 2.45) is 0 Å². The minimum absolute atomic E-state index is 0. The van der Waals surface area contributed by atoms with E-state index in [1.165, 1.54) is 11.1 Å². The number of halogens is 1. The van der Waals surface area contributed by atoms with Crippen molar-refractivity contribution in [3.63, 3.8) is 0 Å². The predicted molar refractivity (Wildman–Crippen MR) is 101 cm³/mol. The lowest BCUT2D eigenvalue weighted by Gasteiger charge is -2.34. The lowest BCUT2D eigenvalue weighted by molar-refractivity contribution is -0.00000803. The van der Waals surface area contributed by atoms with Crippen molar-refractivity contribution in [2.45, 2.75) is 32.2 Å². The number of rotatable bonds is 4. The Kier molecular flexibility index (Phi) is 6.86. The van der Waals surface area contributed by atoms with Crippen LogP contribution in [0.4, 0.5) is 0 Å². The molecule has 1 fully saturated rings. The van der Waals surface area contributed by atoms with Crippen LogP contribution in [-0.2, 0) is 16.6 Å². The highest BCUT2D eigenvalue weighted by atomic mass is 35.5. The lowest BCUT2D eigenvalue weighted by atomic mass is 10.1. The van der Waals surface area contributed by atoms with Gasteiger partial charge in [0.1, 0.15) is 0 Å². The zero-order valence-electron chi connectivity index (χ0n) is 15.6. The van der Waals surface area contributed by atoms with Crippen LogP contribution in [0.3, 0.4) is 0 Å². The van der Waals surface area contributed by atoms with Crippen molar-refractivity contribution >= 4 is 10.0 Å². The summed E-state index contributed by atoms with van der Waals surface area (Å²) in [5.74, 6) is 0. The van der Waals surface area contributed by atoms with Crippen LogP contribution in [0.5, 0.6) is 0 Å². The number of aryl methyl sites for hydroxylation is 3. The third-order valence-electron chi connectivity index (χ3n) is 4.82. The highest BCUT2D eigenvalue weighted by Gasteiger charge is 2.29. The number of piperazine rings is 1. The standard InChI is InChI=1S/C20H26N2O2S.ClH/c1-16-5-8-19(9-6-16)15-21-10-12-22(13-11-21)25(23,24)20-14-17(2)4-7-18(20)3;/h4-9,14H,10-13,15H2,1-3H3;1H/p-1. The van der Waals surface area contributed by atoms with Crippen LogP contribution >= 0.6 is 0 Å². The van der Waals surface area contributed by atoms with E-state index in [-0.39, 0.29) is 12.4 Å². The van der Waals surface area contributed by atoms with E-state index >= 15 is 0 Å². The molecule has 142 valence electrons. The topological polar surface area (TPSA) is 40.6 Å². The molecule has 0 unspecified atom stereocenters. The molecule has 0 radical (unpaired) electrons. The highest BCUT2D eigenvalue weighted by molar-refractivity contribution is 7.89. The molecule has 2 aromatic carbocycles. The highest BCUT2D eigenvalue weighted by Crippen LogP contribution is 2.22. The van der Waals surface area contributed by atoms with Gasteiger partial charge in [-0.05, 0) is 43.5 Å². The van der Waals surface area contributed by atoms with Gasteiger partial charge in [-0.25, -0.2) is 8.42 Å². The molecule has 26 heavy (non-hydrogen) atoms. The minimum atomic E-state index is -3.41. The molecule has 0 N–H and O–H groups in total. The molecule has 6 heteroatoms. The van der Waals surface area contributed by atoms with Gasteiger partial charge >= 0.3 is 0 Å². The fourth-order valence-corrected chi connectivity index (χ4v) is 4.94. The lowest BCUT2D eigenvalue weighted by Crippen LogP contribution is -3.00. The Balaban J connectivity index is 0.00000243. The number of benzene rings is 2. The molecule has 0 aromatic heterocycles. The molecule has 1 aliphatic rings. The summed E-state index contributed by atoms with van der Waals surface area (Å²) < 4.78 is 27.6. The first-order valence-corrected chi connectivity index (χ1v) is 10.2. The monoisotopic (exact) mass is 393 g/mol. The van der Waals surface area contributed by atoms with Crippen LogP contribution in [0.15, 0.2) is 47.4 Å². The molecular weight excluding hydrogens is 368 g/mol. The first kappa shape index (κ1) is 20.9. The van der Waals surface area contributed by atoms with E-state index in [0.717, 1.165) is 30.8 Å². The van der Waals surface area contributed by atoms with Crippen molar-refractivity contribution in [2.75, 3.05) is 26.2 Å². The van der Waals surface area contributed by atoms with E-state index in [1.807, 2.05) is 26.0 Å². The maximum Gasteiger partial charge on any atom is 0.243 e. The Hall–Kier alpha value is -1.40. The molecule has 0 spiro atoms. The van der Waals surface area contributed by atoms with E-state index in [1.54, 1.807) is 10.4 Å².